The van der Waals surface area contributed by atoms with E-state index < -0.39 is 35.5 Å². The van der Waals surface area contributed by atoms with Gasteiger partial charge >= 0.3 is 12.2 Å². The number of likely N-dealkylation sites (N-methyl/N-ethyl adjacent to an activating group) is 1. The second kappa shape index (κ2) is 17.7. The van der Waals surface area contributed by atoms with Gasteiger partial charge in [0.25, 0.3) is 5.91 Å². The van der Waals surface area contributed by atoms with Gasteiger partial charge in [-0.1, -0.05) is 0 Å². The van der Waals surface area contributed by atoms with Crippen LogP contribution in [0.4, 0.5) is 9.59 Å². The van der Waals surface area contributed by atoms with E-state index in [4.69, 9.17) is 14.3 Å². The van der Waals surface area contributed by atoms with Crippen molar-refractivity contribution in [3.63, 3.8) is 0 Å². The minimum atomic E-state index is -0.646. The molecule has 0 fully saturated rings. The lowest BCUT2D eigenvalue weighted by Gasteiger charge is -2.25. The lowest BCUT2D eigenvalue weighted by atomic mass is 10.2. The highest BCUT2D eigenvalue weighted by Crippen LogP contribution is 2.09. The molecule has 200 valence electrons. The van der Waals surface area contributed by atoms with Gasteiger partial charge in [-0.2, -0.15) is 23.5 Å². The van der Waals surface area contributed by atoms with Crippen LogP contribution in [0.25, 0.3) is 0 Å². The number of carbonyl (C=O) groups is 4. The summed E-state index contributed by atoms with van der Waals surface area (Å²) < 4.78 is 10.2. The molecule has 0 spiro atoms. The van der Waals surface area contributed by atoms with Crippen LogP contribution in [0.1, 0.15) is 54.4 Å². The molecule has 0 aliphatic heterocycles. The lowest BCUT2D eigenvalue weighted by molar-refractivity contribution is -0.171. The summed E-state index contributed by atoms with van der Waals surface area (Å²) in [5.74, 6) is 1.28. The van der Waals surface area contributed by atoms with E-state index in [9.17, 15) is 19.2 Å². The van der Waals surface area contributed by atoms with E-state index in [1.807, 2.05) is 12.5 Å². The van der Waals surface area contributed by atoms with E-state index >= 15 is 0 Å². The number of alkyl carbamates (subject to hydrolysis) is 2. The highest BCUT2D eigenvalue weighted by molar-refractivity contribution is 7.98. The zero-order valence-corrected chi connectivity index (χ0v) is 23.8. The van der Waals surface area contributed by atoms with Gasteiger partial charge in [0.15, 0.2) is 0 Å². The first-order chi connectivity index (χ1) is 15.6. The van der Waals surface area contributed by atoms with Gasteiger partial charge in [-0.15, -0.1) is 0 Å². The highest BCUT2D eigenvalue weighted by Gasteiger charge is 2.26. The Kier molecular flexibility index (Phi) is 18.0. The summed E-state index contributed by atoms with van der Waals surface area (Å²) in [7, 11) is 2.90. The molecule has 0 aliphatic rings. The predicted octanol–water partition coefficient (Wildman–Crippen LogP) is 3.48. The van der Waals surface area contributed by atoms with Crippen molar-refractivity contribution in [2.24, 2.45) is 0 Å². The fourth-order valence-corrected chi connectivity index (χ4v) is 3.09. The van der Waals surface area contributed by atoms with Gasteiger partial charge in [0.2, 0.25) is 0 Å². The van der Waals surface area contributed by atoms with Gasteiger partial charge in [-0.05, 0) is 78.4 Å². The molecule has 0 heterocycles. The number of nitrogens with one attached hydrogen (secondary N) is 2. The van der Waals surface area contributed by atoms with Crippen LogP contribution in [-0.4, -0.2) is 90.9 Å². The topological polar surface area (TPSA) is 123 Å². The molecule has 0 radical (unpaired) electrons. The van der Waals surface area contributed by atoms with Crippen molar-refractivity contribution in [1.82, 2.24) is 15.7 Å². The lowest BCUT2D eigenvalue weighted by Crippen LogP contribution is -2.48. The first-order valence-electron chi connectivity index (χ1n) is 10.8. The molecule has 0 aromatic rings. The quantitative estimate of drug-likeness (QED) is 0.308. The maximum absolute atomic E-state index is 12.0. The smallest absolute Gasteiger partial charge is 0.408 e. The summed E-state index contributed by atoms with van der Waals surface area (Å²) in [6.07, 6.45) is 4.64. The molecule has 0 saturated carbocycles. The zero-order chi connectivity index (χ0) is 26.9. The van der Waals surface area contributed by atoms with E-state index in [0.717, 1.165) is 22.9 Å². The largest absolute Gasteiger partial charge is 0.444 e. The van der Waals surface area contributed by atoms with Crippen LogP contribution < -0.4 is 10.6 Å². The Labute approximate surface area is 212 Å². The van der Waals surface area contributed by atoms with Crippen LogP contribution in [0.15, 0.2) is 0 Å². The normalized spacial score (nSPS) is 12.9. The number of ether oxygens (including phenoxy) is 2. The third-order valence-electron chi connectivity index (χ3n) is 3.68. The fraction of sp³-hybridized carbons (Fsp3) is 0.818. The second-order valence-corrected chi connectivity index (χ2v) is 11.1. The third kappa shape index (κ3) is 19.8. The monoisotopic (exact) mass is 525 g/mol. The van der Waals surface area contributed by atoms with E-state index in [2.05, 4.69) is 10.6 Å². The second-order valence-electron chi connectivity index (χ2n) is 9.17. The number of hydrogen-bond acceptors (Lipinski definition) is 9. The zero-order valence-electron chi connectivity index (χ0n) is 22.2. The number of amides is 3. The number of hydroxylamine groups is 2. The van der Waals surface area contributed by atoms with Crippen molar-refractivity contribution in [3.05, 3.63) is 0 Å². The first kappa shape index (κ1) is 34.5. The molecular formula is C22H43N3O7S2. The first-order valence-corrected chi connectivity index (χ1v) is 13.6. The molecular weight excluding hydrogens is 482 g/mol. The Morgan fingerprint density at radius 1 is 0.882 bits per heavy atom. The number of nitrogens with zero attached hydrogens (tertiary/aromatic N) is 1. The highest BCUT2D eigenvalue weighted by atomic mass is 32.2. The van der Waals surface area contributed by atoms with Crippen LogP contribution in [0, 0.1) is 0 Å². The van der Waals surface area contributed by atoms with E-state index in [-0.39, 0.29) is 5.91 Å². The van der Waals surface area contributed by atoms with Gasteiger partial charge in [0, 0.05) is 7.05 Å². The van der Waals surface area contributed by atoms with E-state index in [0.29, 0.717) is 12.8 Å². The van der Waals surface area contributed by atoms with Crippen LogP contribution in [-0.2, 0) is 23.9 Å². The van der Waals surface area contributed by atoms with Crippen molar-refractivity contribution in [1.29, 1.82) is 0 Å². The Morgan fingerprint density at radius 3 is 1.71 bits per heavy atom. The summed E-state index contributed by atoms with van der Waals surface area (Å²) in [4.78, 5) is 50.5. The third-order valence-corrected chi connectivity index (χ3v) is 4.97. The molecule has 12 heteroatoms. The number of thioether (sulfide) groups is 2. The molecule has 0 rings (SSSR count). The fourth-order valence-electron chi connectivity index (χ4n) is 2.13. The van der Waals surface area contributed by atoms with Crippen molar-refractivity contribution in [2.75, 3.05) is 38.2 Å². The van der Waals surface area contributed by atoms with Gasteiger partial charge in [-0.25, -0.2) is 14.7 Å². The van der Waals surface area contributed by atoms with Gasteiger partial charge < -0.3 is 24.9 Å². The van der Waals surface area contributed by atoms with Gasteiger partial charge in [0.05, 0.1) is 13.2 Å². The minimum Gasteiger partial charge on any atom is -0.444 e. The van der Waals surface area contributed by atoms with Gasteiger partial charge in [-0.3, -0.25) is 9.63 Å². The molecule has 0 bridgehead atoms. The molecule has 34 heavy (non-hydrogen) atoms. The summed E-state index contributed by atoms with van der Waals surface area (Å²) in [5.41, 5.74) is -1.12. The molecule has 0 aliphatic carbocycles. The molecule has 0 aromatic heterocycles. The van der Waals surface area contributed by atoms with Crippen LogP contribution in [0.2, 0.25) is 0 Å². The number of aldehydes is 1. The Morgan fingerprint density at radius 2 is 1.32 bits per heavy atom. The van der Waals surface area contributed by atoms with Crippen molar-refractivity contribution in [2.45, 2.75) is 77.7 Å². The number of carbonyl (C=O) groups excluding carboxylic acids is 4. The van der Waals surface area contributed by atoms with Gasteiger partial charge in [0.1, 0.15) is 23.5 Å². The standard InChI is InChI=1S/C12H24N2O4S.C10H19NO3S/c1-12(2,3)18-11(16)13-9(7-8-19-6)10(15)14(4)17-5;1-10(2,3)14-9(13)11-8(7-12)5-6-15-4/h9H,7-8H2,1-6H3,(H,13,16);7-8H,5-6H2,1-4H3,(H,11,13). The van der Waals surface area contributed by atoms with E-state index in [1.165, 1.54) is 14.2 Å². The molecule has 10 nitrogen and oxygen atoms in total. The summed E-state index contributed by atoms with van der Waals surface area (Å²) in [5, 5.41) is 6.19. The predicted molar refractivity (Wildman–Crippen MR) is 138 cm³/mol. The van der Waals surface area contributed by atoms with Crippen molar-refractivity contribution < 1.29 is 33.5 Å². The maximum Gasteiger partial charge on any atom is 0.408 e. The Hall–Kier alpha value is -1.66. The van der Waals surface area contributed by atoms with Crippen molar-refractivity contribution in [3.8, 4) is 0 Å². The maximum atomic E-state index is 12.0. The average molecular weight is 526 g/mol. The summed E-state index contributed by atoms with van der Waals surface area (Å²) >= 11 is 3.24. The number of rotatable bonds is 11. The van der Waals surface area contributed by atoms with Crippen LogP contribution >= 0.6 is 23.5 Å². The Balaban J connectivity index is 0. The molecule has 2 atom stereocenters. The molecule has 3 amide bonds. The average Bonchev–Trinajstić information content (AvgIpc) is 2.70. The summed E-state index contributed by atoms with van der Waals surface area (Å²) in [6.45, 7) is 10.7. The van der Waals surface area contributed by atoms with Crippen LogP contribution in [0.5, 0.6) is 0 Å². The Bertz CT molecular complexity index is 623. The minimum absolute atomic E-state index is 0.303. The van der Waals surface area contributed by atoms with Crippen molar-refractivity contribution >= 4 is 47.9 Å². The summed E-state index contributed by atoms with van der Waals surface area (Å²) in [6, 6.07) is -1.10. The molecule has 0 saturated heterocycles. The molecule has 2 unspecified atom stereocenters. The molecule has 2 N–H and O–H groups in total. The number of hydrogen-bond donors (Lipinski definition) is 2. The van der Waals surface area contributed by atoms with Crippen LogP contribution in [0.3, 0.4) is 0 Å². The SMILES string of the molecule is CON(C)C(=O)C(CCSC)NC(=O)OC(C)(C)C.CSCCC(C=O)NC(=O)OC(C)(C)C. The molecule has 0 aromatic carbocycles. The van der Waals surface area contributed by atoms with E-state index in [1.54, 1.807) is 65.1 Å².